The van der Waals surface area contributed by atoms with E-state index in [1.54, 1.807) is 18.2 Å². The van der Waals surface area contributed by atoms with Crippen molar-refractivity contribution < 1.29 is 14.1 Å². The van der Waals surface area contributed by atoms with Gasteiger partial charge < -0.3 is 14.7 Å². The first-order valence-electron chi connectivity index (χ1n) is 11.2. The summed E-state index contributed by atoms with van der Waals surface area (Å²) >= 11 is 12.1. The van der Waals surface area contributed by atoms with Gasteiger partial charge in [-0.05, 0) is 45.0 Å². The molecule has 1 aromatic carbocycles. The standard InChI is InChI=1S/C23H31Cl2N5O3/c1-4-7-29(14-22(31)26-21-6-5-18(24)12-20(21)25)15-23(32)30-10-8-28(9-11-30)13-19-16(2)27-33-17(19)3/h5-6,12H,4,7-11,13-15H2,1-3H3,(H,26,31). The molecule has 1 N–H and O–H groups in total. The number of carbonyl (C=O) groups is 2. The van der Waals surface area contributed by atoms with Crippen molar-refractivity contribution in [3.05, 3.63) is 45.3 Å². The number of halogens is 2. The van der Waals surface area contributed by atoms with Crippen LogP contribution in [0.5, 0.6) is 0 Å². The molecule has 33 heavy (non-hydrogen) atoms. The zero-order valence-corrected chi connectivity index (χ0v) is 20.9. The fourth-order valence-electron chi connectivity index (χ4n) is 3.91. The van der Waals surface area contributed by atoms with E-state index in [0.717, 1.165) is 43.1 Å². The smallest absolute Gasteiger partial charge is 0.238 e. The van der Waals surface area contributed by atoms with Crippen molar-refractivity contribution >= 4 is 40.7 Å². The van der Waals surface area contributed by atoms with Crippen LogP contribution in [0.1, 0.15) is 30.4 Å². The van der Waals surface area contributed by atoms with E-state index < -0.39 is 0 Å². The highest BCUT2D eigenvalue weighted by molar-refractivity contribution is 6.36. The number of nitrogens with zero attached hydrogens (tertiary/aromatic N) is 4. The van der Waals surface area contributed by atoms with Crippen molar-refractivity contribution in [1.82, 2.24) is 19.9 Å². The summed E-state index contributed by atoms with van der Waals surface area (Å²) in [6, 6.07) is 4.92. The molecule has 0 unspecified atom stereocenters. The SMILES string of the molecule is CCCN(CC(=O)Nc1ccc(Cl)cc1Cl)CC(=O)N1CCN(Cc2c(C)noc2C)CC1. The van der Waals surface area contributed by atoms with Gasteiger partial charge >= 0.3 is 0 Å². The quantitative estimate of drug-likeness (QED) is 0.572. The van der Waals surface area contributed by atoms with Crippen molar-refractivity contribution in [2.45, 2.75) is 33.7 Å². The topological polar surface area (TPSA) is 81.9 Å². The number of anilines is 1. The number of nitrogens with one attached hydrogen (secondary N) is 1. The molecule has 0 bridgehead atoms. The number of aryl methyl sites for hydroxylation is 2. The third-order valence-corrected chi connectivity index (χ3v) is 6.31. The number of hydrogen-bond acceptors (Lipinski definition) is 6. The molecule has 1 saturated heterocycles. The molecular weight excluding hydrogens is 465 g/mol. The summed E-state index contributed by atoms with van der Waals surface area (Å²) in [7, 11) is 0. The summed E-state index contributed by atoms with van der Waals surface area (Å²) in [5, 5.41) is 7.70. The van der Waals surface area contributed by atoms with Gasteiger partial charge in [0.2, 0.25) is 11.8 Å². The van der Waals surface area contributed by atoms with Gasteiger partial charge in [-0.3, -0.25) is 19.4 Å². The zero-order chi connectivity index (χ0) is 24.0. The number of benzene rings is 1. The lowest BCUT2D eigenvalue weighted by Crippen LogP contribution is -2.51. The average Bonchev–Trinajstić information content (AvgIpc) is 3.08. The van der Waals surface area contributed by atoms with Crippen LogP contribution in [0.4, 0.5) is 5.69 Å². The maximum atomic E-state index is 12.9. The highest BCUT2D eigenvalue weighted by atomic mass is 35.5. The van der Waals surface area contributed by atoms with Gasteiger partial charge in [0.1, 0.15) is 5.76 Å². The van der Waals surface area contributed by atoms with Gasteiger partial charge in [-0.2, -0.15) is 0 Å². The third kappa shape index (κ3) is 7.17. The fraction of sp³-hybridized carbons (Fsp3) is 0.522. The predicted octanol–water partition coefficient (Wildman–Crippen LogP) is 3.59. The normalized spacial score (nSPS) is 14.7. The Kier molecular flexibility index (Phi) is 9.14. The third-order valence-electron chi connectivity index (χ3n) is 5.76. The number of aromatic nitrogens is 1. The lowest BCUT2D eigenvalue weighted by Gasteiger charge is -2.35. The molecule has 0 radical (unpaired) electrons. The first kappa shape index (κ1) is 25.5. The fourth-order valence-corrected chi connectivity index (χ4v) is 4.37. The van der Waals surface area contributed by atoms with Gasteiger partial charge in [0, 0.05) is 43.3 Å². The molecule has 0 atom stereocenters. The summed E-state index contributed by atoms with van der Waals surface area (Å²) in [5.74, 6) is 0.668. The summed E-state index contributed by atoms with van der Waals surface area (Å²) in [6.07, 6.45) is 0.841. The number of carbonyl (C=O) groups excluding carboxylic acids is 2. The van der Waals surface area contributed by atoms with Crippen LogP contribution in [0.15, 0.2) is 22.7 Å². The van der Waals surface area contributed by atoms with Crippen molar-refractivity contribution in [2.75, 3.05) is 51.1 Å². The molecule has 0 aliphatic carbocycles. The minimum Gasteiger partial charge on any atom is -0.361 e. The van der Waals surface area contributed by atoms with Crippen LogP contribution in [0.2, 0.25) is 10.0 Å². The largest absolute Gasteiger partial charge is 0.361 e. The molecule has 1 fully saturated rings. The molecule has 3 rings (SSSR count). The van der Waals surface area contributed by atoms with Crippen molar-refractivity contribution in [3.8, 4) is 0 Å². The van der Waals surface area contributed by atoms with E-state index in [1.807, 2.05) is 30.6 Å². The Labute approximate surface area is 204 Å². The maximum Gasteiger partial charge on any atom is 0.238 e. The lowest BCUT2D eigenvalue weighted by atomic mass is 10.2. The number of piperazine rings is 1. The minimum absolute atomic E-state index is 0.0396. The van der Waals surface area contributed by atoms with E-state index in [-0.39, 0.29) is 24.9 Å². The maximum absolute atomic E-state index is 12.9. The van der Waals surface area contributed by atoms with Crippen LogP contribution < -0.4 is 5.32 Å². The molecule has 2 amide bonds. The Morgan fingerprint density at radius 3 is 2.48 bits per heavy atom. The Bertz CT molecular complexity index is 954. The Morgan fingerprint density at radius 2 is 1.88 bits per heavy atom. The predicted molar refractivity (Wildman–Crippen MR) is 130 cm³/mol. The highest BCUT2D eigenvalue weighted by Crippen LogP contribution is 2.25. The molecule has 0 saturated carbocycles. The van der Waals surface area contributed by atoms with Crippen molar-refractivity contribution in [2.24, 2.45) is 0 Å². The summed E-state index contributed by atoms with van der Waals surface area (Å²) in [5.41, 5.74) is 2.54. The second-order valence-corrected chi connectivity index (χ2v) is 9.19. The van der Waals surface area contributed by atoms with Gasteiger partial charge in [-0.1, -0.05) is 35.3 Å². The summed E-state index contributed by atoms with van der Waals surface area (Å²) < 4.78 is 5.25. The molecule has 10 heteroatoms. The van der Waals surface area contributed by atoms with E-state index >= 15 is 0 Å². The zero-order valence-electron chi connectivity index (χ0n) is 19.4. The molecule has 2 heterocycles. The van der Waals surface area contributed by atoms with Crippen LogP contribution in [-0.2, 0) is 16.1 Å². The Morgan fingerprint density at radius 1 is 1.15 bits per heavy atom. The number of amides is 2. The first-order valence-corrected chi connectivity index (χ1v) is 11.9. The van der Waals surface area contributed by atoms with Crippen molar-refractivity contribution in [1.29, 1.82) is 0 Å². The van der Waals surface area contributed by atoms with Gasteiger partial charge in [-0.15, -0.1) is 0 Å². The lowest BCUT2D eigenvalue weighted by molar-refractivity contribution is -0.134. The number of hydrogen-bond donors (Lipinski definition) is 1. The summed E-state index contributed by atoms with van der Waals surface area (Å²) in [6.45, 7) is 10.6. The molecule has 1 aliphatic rings. The van der Waals surface area contributed by atoms with Gasteiger partial charge in [0.25, 0.3) is 0 Å². The van der Waals surface area contributed by atoms with Crippen molar-refractivity contribution in [3.63, 3.8) is 0 Å². The molecule has 180 valence electrons. The number of rotatable bonds is 9. The van der Waals surface area contributed by atoms with E-state index in [4.69, 9.17) is 27.7 Å². The van der Waals surface area contributed by atoms with Gasteiger partial charge in [-0.25, -0.2) is 0 Å². The minimum atomic E-state index is -0.218. The van der Waals surface area contributed by atoms with Crippen LogP contribution in [0.25, 0.3) is 0 Å². The molecule has 8 nitrogen and oxygen atoms in total. The first-order chi connectivity index (χ1) is 15.8. The van der Waals surface area contributed by atoms with Gasteiger partial charge in [0.05, 0.1) is 29.5 Å². The van der Waals surface area contributed by atoms with Crippen LogP contribution in [-0.4, -0.2) is 77.5 Å². The molecule has 0 spiro atoms. The second kappa shape index (κ2) is 11.8. The molecule has 1 aliphatic heterocycles. The Balaban J connectivity index is 1.49. The van der Waals surface area contributed by atoms with Gasteiger partial charge in [0.15, 0.2) is 0 Å². The second-order valence-electron chi connectivity index (χ2n) is 8.34. The van der Waals surface area contributed by atoms with Crippen LogP contribution in [0.3, 0.4) is 0 Å². The monoisotopic (exact) mass is 495 g/mol. The molecule has 2 aromatic rings. The van der Waals surface area contributed by atoms with Crippen LogP contribution in [0, 0.1) is 13.8 Å². The average molecular weight is 496 g/mol. The molecular formula is C23H31Cl2N5O3. The van der Waals surface area contributed by atoms with E-state index in [2.05, 4.69) is 15.4 Å². The molecule has 1 aromatic heterocycles. The van der Waals surface area contributed by atoms with E-state index in [9.17, 15) is 9.59 Å². The van der Waals surface area contributed by atoms with E-state index in [0.29, 0.717) is 35.4 Å². The Hall–Kier alpha value is -2.13. The highest BCUT2D eigenvalue weighted by Gasteiger charge is 2.24. The summed E-state index contributed by atoms with van der Waals surface area (Å²) in [4.78, 5) is 31.5. The van der Waals surface area contributed by atoms with Crippen LogP contribution >= 0.6 is 23.2 Å². The van der Waals surface area contributed by atoms with E-state index in [1.165, 1.54) is 0 Å².